The van der Waals surface area contributed by atoms with Crippen molar-refractivity contribution in [3.8, 4) is 28.7 Å². The van der Waals surface area contributed by atoms with Gasteiger partial charge in [-0.15, -0.1) is 0 Å². The van der Waals surface area contributed by atoms with Gasteiger partial charge in [-0.25, -0.2) is 0 Å². The minimum Gasteiger partial charge on any atom is -0.504 e. The van der Waals surface area contributed by atoms with Crippen LogP contribution in [0.15, 0.2) is 29.8 Å². The van der Waals surface area contributed by atoms with Crippen molar-refractivity contribution in [3.63, 3.8) is 0 Å². The SMILES string of the molecule is O=C1C(=Cc2cc(O)c(O)c(O)c2)CCc2cc(O)c(O)cc21. The number of Topliss-reactive ketones (excluding diaryl/α,β-unsaturated/α-hetero) is 1. The van der Waals surface area contributed by atoms with Gasteiger partial charge in [0.2, 0.25) is 0 Å². The molecular weight excluding hydrogens is 300 g/mol. The van der Waals surface area contributed by atoms with Crippen molar-refractivity contribution in [3.05, 3.63) is 46.5 Å². The monoisotopic (exact) mass is 314 g/mol. The molecule has 0 fully saturated rings. The molecule has 23 heavy (non-hydrogen) atoms. The first-order valence-corrected chi connectivity index (χ1v) is 6.92. The second-order valence-electron chi connectivity index (χ2n) is 5.40. The average Bonchev–Trinajstić information content (AvgIpc) is 2.50. The maximum absolute atomic E-state index is 12.5. The lowest BCUT2D eigenvalue weighted by Crippen LogP contribution is -2.14. The van der Waals surface area contributed by atoms with E-state index in [1.807, 2.05) is 0 Å². The van der Waals surface area contributed by atoms with Gasteiger partial charge in [0, 0.05) is 11.1 Å². The number of ketones is 1. The minimum absolute atomic E-state index is 0.266. The summed E-state index contributed by atoms with van der Waals surface area (Å²) in [5.41, 5.74) is 1.77. The Morgan fingerprint density at radius 3 is 2.04 bits per heavy atom. The molecule has 0 saturated carbocycles. The van der Waals surface area contributed by atoms with Gasteiger partial charge in [-0.1, -0.05) is 0 Å². The molecule has 0 radical (unpaired) electrons. The average molecular weight is 314 g/mol. The van der Waals surface area contributed by atoms with Crippen LogP contribution in [0.4, 0.5) is 0 Å². The van der Waals surface area contributed by atoms with Gasteiger partial charge in [-0.3, -0.25) is 4.79 Å². The molecule has 1 aliphatic rings. The Bertz CT molecular complexity index is 827. The van der Waals surface area contributed by atoms with E-state index in [1.165, 1.54) is 30.3 Å². The molecule has 0 unspecified atom stereocenters. The molecule has 2 aromatic rings. The molecule has 6 heteroatoms. The highest BCUT2D eigenvalue weighted by Crippen LogP contribution is 2.38. The van der Waals surface area contributed by atoms with Crippen molar-refractivity contribution in [1.82, 2.24) is 0 Å². The molecule has 0 aliphatic heterocycles. The first-order valence-electron chi connectivity index (χ1n) is 6.92. The van der Waals surface area contributed by atoms with Gasteiger partial charge >= 0.3 is 0 Å². The van der Waals surface area contributed by atoms with E-state index in [2.05, 4.69) is 0 Å². The number of aryl methyl sites for hydroxylation is 1. The Morgan fingerprint density at radius 1 is 0.783 bits per heavy atom. The quantitative estimate of drug-likeness (QED) is 0.407. The molecule has 3 rings (SSSR count). The van der Waals surface area contributed by atoms with Crippen molar-refractivity contribution in [2.45, 2.75) is 12.8 Å². The van der Waals surface area contributed by atoms with Gasteiger partial charge in [0.15, 0.2) is 34.5 Å². The molecule has 0 saturated heterocycles. The molecule has 0 heterocycles. The number of carbonyl (C=O) groups excluding carboxylic acids is 1. The zero-order valence-corrected chi connectivity index (χ0v) is 11.9. The van der Waals surface area contributed by atoms with Gasteiger partial charge in [0.05, 0.1) is 0 Å². The van der Waals surface area contributed by atoms with Crippen LogP contribution in [0.2, 0.25) is 0 Å². The number of aromatic hydroxyl groups is 5. The number of fused-ring (bicyclic) bond motifs is 1. The second-order valence-corrected chi connectivity index (χ2v) is 5.40. The first-order chi connectivity index (χ1) is 10.9. The van der Waals surface area contributed by atoms with Gasteiger partial charge < -0.3 is 25.5 Å². The van der Waals surface area contributed by atoms with Crippen molar-refractivity contribution < 1.29 is 30.3 Å². The van der Waals surface area contributed by atoms with Gasteiger partial charge in [0.25, 0.3) is 0 Å². The molecule has 0 spiro atoms. The van der Waals surface area contributed by atoms with Gasteiger partial charge in [0.1, 0.15) is 0 Å². The standard InChI is InChI=1S/C17H14O6/c18-12-6-9-1-2-10(16(22)11(9)7-13(12)19)3-8-4-14(20)17(23)15(21)5-8/h3-7,18-21,23H,1-2H2. The fourth-order valence-corrected chi connectivity index (χ4v) is 2.64. The zero-order valence-electron chi connectivity index (χ0n) is 11.9. The Balaban J connectivity index is 2.02. The van der Waals surface area contributed by atoms with Crippen LogP contribution in [0.5, 0.6) is 28.7 Å². The predicted octanol–water partition coefficient (Wildman–Crippen LogP) is 2.43. The number of hydrogen-bond acceptors (Lipinski definition) is 6. The van der Waals surface area contributed by atoms with E-state index in [0.717, 1.165) is 0 Å². The maximum atomic E-state index is 12.5. The van der Waals surface area contributed by atoms with Crippen LogP contribution in [0.25, 0.3) is 6.08 Å². The summed E-state index contributed by atoms with van der Waals surface area (Å²) < 4.78 is 0. The topological polar surface area (TPSA) is 118 Å². The smallest absolute Gasteiger partial charge is 0.200 e. The summed E-state index contributed by atoms with van der Waals surface area (Å²) in [6.07, 6.45) is 2.43. The van der Waals surface area contributed by atoms with Crippen LogP contribution in [-0.4, -0.2) is 31.3 Å². The van der Waals surface area contributed by atoms with Crippen molar-refractivity contribution in [2.75, 3.05) is 0 Å². The third kappa shape index (κ3) is 2.55. The van der Waals surface area contributed by atoms with Gasteiger partial charge in [-0.05, 0) is 54.3 Å². The Morgan fingerprint density at radius 2 is 1.39 bits per heavy atom. The molecule has 0 atom stereocenters. The molecule has 0 bridgehead atoms. The fraction of sp³-hybridized carbons (Fsp3) is 0.118. The molecule has 0 aromatic heterocycles. The summed E-state index contributed by atoms with van der Waals surface area (Å²) in [4.78, 5) is 12.5. The lowest BCUT2D eigenvalue weighted by Gasteiger charge is -2.18. The maximum Gasteiger partial charge on any atom is 0.200 e. The molecule has 2 aromatic carbocycles. The number of carbonyl (C=O) groups is 1. The van der Waals surface area contributed by atoms with E-state index >= 15 is 0 Å². The summed E-state index contributed by atoms with van der Waals surface area (Å²) in [5.74, 6) is -2.51. The van der Waals surface area contributed by atoms with E-state index in [-0.39, 0.29) is 17.3 Å². The first kappa shape index (κ1) is 14.8. The Hall–Kier alpha value is -3.15. The number of benzene rings is 2. The highest BCUT2D eigenvalue weighted by Gasteiger charge is 2.24. The third-order valence-corrected chi connectivity index (χ3v) is 3.83. The third-order valence-electron chi connectivity index (χ3n) is 3.83. The molecular formula is C17H14O6. The number of phenolic OH excluding ortho intramolecular Hbond substituents is 5. The van der Waals surface area contributed by atoms with Crippen molar-refractivity contribution in [2.24, 2.45) is 0 Å². The fourth-order valence-electron chi connectivity index (χ4n) is 2.64. The van der Waals surface area contributed by atoms with Crippen LogP contribution >= 0.6 is 0 Å². The van der Waals surface area contributed by atoms with E-state index in [1.54, 1.807) is 0 Å². The lowest BCUT2D eigenvalue weighted by molar-refractivity contribution is 0.102. The van der Waals surface area contributed by atoms with E-state index in [4.69, 9.17) is 0 Å². The highest BCUT2D eigenvalue weighted by molar-refractivity contribution is 6.13. The summed E-state index contributed by atoms with van der Waals surface area (Å²) in [6, 6.07) is 5.07. The molecule has 6 nitrogen and oxygen atoms in total. The molecule has 118 valence electrons. The summed E-state index contributed by atoms with van der Waals surface area (Å²) in [6.45, 7) is 0. The van der Waals surface area contributed by atoms with Crippen molar-refractivity contribution >= 4 is 11.9 Å². The Labute approximate surface area is 131 Å². The largest absolute Gasteiger partial charge is 0.504 e. The van der Waals surface area contributed by atoms with Crippen LogP contribution < -0.4 is 0 Å². The minimum atomic E-state index is -0.618. The van der Waals surface area contributed by atoms with Crippen molar-refractivity contribution in [1.29, 1.82) is 0 Å². The number of phenols is 5. The zero-order chi connectivity index (χ0) is 16.7. The van der Waals surface area contributed by atoms with Crippen LogP contribution in [0.3, 0.4) is 0 Å². The number of allylic oxidation sites excluding steroid dienone is 1. The lowest BCUT2D eigenvalue weighted by atomic mass is 9.85. The van der Waals surface area contributed by atoms with E-state index in [0.29, 0.717) is 35.1 Å². The molecule has 5 N–H and O–H groups in total. The molecule has 0 amide bonds. The van der Waals surface area contributed by atoms with E-state index in [9.17, 15) is 30.3 Å². The summed E-state index contributed by atoms with van der Waals surface area (Å²) >= 11 is 0. The van der Waals surface area contributed by atoms with Crippen LogP contribution in [0, 0.1) is 0 Å². The summed E-state index contributed by atoms with van der Waals surface area (Å²) in [5, 5.41) is 47.4. The normalized spacial score (nSPS) is 15.7. The highest BCUT2D eigenvalue weighted by atomic mass is 16.3. The predicted molar refractivity (Wildman–Crippen MR) is 81.8 cm³/mol. The number of hydrogen-bond donors (Lipinski definition) is 5. The number of rotatable bonds is 1. The second kappa shape index (κ2) is 5.24. The van der Waals surface area contributed by atoms with Gasteiger partial charge in [-0.2, -0.15) is 0 Å². The molecule has 1 aliphatic carbocycles. The van der Waals surface area contributed by atoms with Crippen LogP contribution in [-0.2, 0) is 6.42 Å². The Kier molecular flexibility index (Phi) is 3.37. The summed E-state index contributed by atoms with van der Waals surface area (Å²) in [7, 11) is 0. The van der Waals surface area contributed by atoms with Crippen LogP contribution in [0.1, 0.15) is 27.9 Å². The van der Waals surface area contributed by atoms with E-state index < -0.39 is 17.2 Å².